The lowest BCUT2D eigenvalue weighted by molar-refractivity contribution is 0.102. The molecule has 0 aliphatic heterocycles. The van der Waals surface area contributed by atoms with Gasteiger partial charge in [-0.2, -0.15) is 0 Å². The molecule has 0 saturated carbocycles. The molecule has 0 fully saturated rings. The highest BCUT2D eigenvalue weighted by atomic mass is 35.5. The molecular weight excluding hydrogens is 361 g/mol. The monoisotopic (exact) mass is 381 g/mol. The predicted molar refractivity (Wildman–Crippen MR) is 103 cm³/mol. The Hall–Kier alpha value is -1.91. The van der Waals surface area contributed by atoms with E-state index in [1.165, 1.54) is 14.2 Å². The SMILES string of the molecule is CCc1ccc(Cl)c(CC)c1NC(=O)c1cc(Cl)c(OC)c(OC)c1. The fourth-order valence-electron chi connectivity index (χ4n) is 2.70. The van der Waals surface area contributed by atoms with Crippen molar-refractivity contribution in [1.29, 1.82) is 0 Å². The van der Waals surface area contributed by atoms with Crippen LogP contribution in [0, 0.1) is 0 Å². The minimum atomic E-state index is -0.283. The summed E-state index contributed by atoms with van der Waals surface area (Å²) in [5, 5.41) is 3.92. The average molecular weight is 382 g/mol. The van der Waals surface area contributed by atoms with Crippen molar-refractivity contribution in [3.05, 3.63) is 51.0 Å². The molecule has 1 amide bonds. The highest BCUT2D eigenvalue weighted by Gasteiger charge is 2.18. The van der Waals surface area contributed by atoms with Crippen molar-refractivity contribution in [3.8, 4) is 11.5 Å². The van der Waals surface area contributed by atoms with E-state index < -0.39 is 0 Å². The zero-order chi connectivity index (χ0) is 18.6. The van der Waals surface area contributed by atoms with Crippen LogP contribution < -0.4 is 14.8 Å². The van der Waals surface area contributed by atoms with E-state index in [1.807, 2.05) is 26.0 Å². The highest BCUT2D eigenvalue weighted by Crippen LogP contribution is 2.36. The zero-order valence-electron chi connectivity index (χ0n) is 14.7. The Morgan fingerprint density at radius 1 is 1.04 bits per heavy atom. The van der Waals surface area contributed by atoms with Crippen molar-refractivity contribution < 1.29 is 14.3 Å². The molecule has 0 spiro atoms. The Balaban J connectivity index is 2.44. The van der Waals surface area contributed by atoms with Crippen LogP contribution in [0.25, 0.3) is 0 Å². The van der Waals surface area contributed by atoms with Crippen LogP contribution in [-0.2, 0) is 12.8 Å². The normalized spacial score (nSPS) is 10.5. The molecule has 0 heterocycles. The van der Waals surface area contributed by atoms with E-state index in [-0.39, 0.29) is 5.91 Å². The first-order chi connectivity index (χ1) is 12.0. The zero-order valence-corrected chi connectivity index (χ0v) is 16.2. The van der Waals surface area contributed by atoms with Gasteiger partial charge in [0, 0.05) is 16.3 Å². The maximum absolute atomic E-state index is 12.8. The van der Waals surface area contributed by atoms with Crippen LogP contribution in [0.15, 0.2) is 24.3 Å². The molecule has 6 heteroatoms. The third-order valence-corrected chi connectivity index (χ3v) is 4.65. The maximum Gasteiger partial charge on any atom is 0.255 e. The molecule has 134 valence electrons. The molecule has 1 N–H and O–H groups in total. The van der Waals surface area contributed by atoms with Gasteiger partial charge in [0.05, 0.1) is 19.2 Å². The Labute approximate surface area is 158 Å². The number of amides is 1. The second kappa shape index (κ2) is 8.45. The summed E-state index contributed by atoms with van der Waals surface area (Å²) in [5.74, 6) is 0.513. The molecule has 0 aliphatic rings. The molecule has 0 bridgehead atoms. The van der Waals surface area contributed by atoms with Gasteiger partial charge in [-0.1, -0.05) is 43.1 Å². The average Bonchev–Trinajstić information content (AvgIpc) is 2.61. The first-order valence-corrected chi connectivity index (χ1v) is 8.75. The number of benzene rings is 2. The molecule has 2 rings (SSSR count). The number of hydrogen-bond acceptors (Lipinski definition) is 3. The summed E-state index contributed by atoms with van der Waals surface area (Å²) >= 11 is 12.5. The minimum absolute atomic E-state index is 0.283. The van der Waals surface area contributed by atoms with E-state index in [0.29, 0.717) is 27.1 Å². The lowest BCUT2D eigenvalue weighted by atomic mass is 10.0. The van der Waals surface area contributed by atoms with Crippen LogP contribution in [0.4, 0.5) is 5.69 Å². The van der Waals surface area contributed by atoms with Gasteiger partial charge in [0.15, 0.2) is 11.5 Å². The Kier molecular flexibility index (Phi) is 6.57. The quantitative estimate of drug-likeness (QED) is 0.729. The summed E-state index contributed by atoms with van der Waals surface area (Å²) in [6.45, 7) is 4.04. The van der Waals surface area contributed by atoms with Crippen molar-refractivity contribution >= 4 is 34.8 Å². The number of nitrogens with one attached hydrogen (secondary N) is 1. The summed E-state index contributed by atoms with van der Waals surface area (Å²) in [6.07, 6.45) is 1.50. The third-order valence-electron chi connectivity index (χ3n) is 4.01. The van der Waals surface area contributed by atoms with Crippen molar-refractivity contribution in [1.82, 2.24) is 0 Å². The van der Waals surface area contributed by atoms with Crippen LogP contribution in [0.5, 0.6) is 11.5 Å². The Morgan fingerprint density at radius 2 is 1.76 bits per heavy atom. The van der Waals surface area contributed by atoms with Gasteiger partial charge in [-0.25, -0.2) is 0 Å². The van der Waals surface area contributed by atoms with Gasteiger partial charge < -0.3 is 14.8 Å². The molecule has 0 aromatic heterocycles. The first kappa shape index (κ1) is 19.4. The largest absolute Gasteiger partial charge is 0.493 e. The Bertz CT molecular complexity index is 791. The number of hydrogen-bond donors (Lipinski definition) is 1. The van der Waals surface area contributed by atoms with Crippen molar-refractivity contribution in [2.75, 3.05) is 19.5 Å². The summed E-state index contributed by atoms with van der Waals surface area (Å²) in [6, 6.07) is 6.95. The van der Waals surface area contributed by atoms with E-state index in [1.54, 1.807) is 12.1 Å². The fourth-order valence-corrected chi connectivity index (χ4v) is 3.28. The summed E-state index contributed by atoms with van der Waals surface area (Å²) in [5.41, 5.74) is 3.09. The van der Waals surface area contributed by atoms with Crippen LogP contribution in [0.1, 0.15) is 35.3 Å². The molecule has 0 atom stereocenters. The molecule has 0 unspecified atom stereocenters. The van der Waals surface area contributed by atoms with Crippen LogP contribution in [0.2, 0.25) is 10.0 Å². The second-order valence-electron chi connectivity index (χ2n) is 5.41. The minimum Gasteiger partial charge on any atom is -0.493 e. The van der Waals surface area contributed by atoms with E-state index in [2.05, 4.69) is 5.32 Å². The molecule has 2 aromatic carbocycles. The summed E-state index contributed by atoms with van der Waals surface area (Å²) < 4.78 is 10.5. The van der Waals surface area contributed by atoms with Crippen molar-refractivity contribution in [2.45, 2.75) is 26.7 Å². The van der Waals surface area contributed by atoms with E-state index in [0.717, 1.165) is 29.7 Å². The number of carbonyl (C=O) groups excluding carboxylic acids is 1. The fraction of sp³-hybridized carbons (Fsp3) is 0.316. The highest BCUT2D eigenvalue weighted by molar-refractivity contribution is 6.33. The summed E-state index contributed by atoms with van der Waals surface area (Å²) in [7, 11) is 2.99. The van der Waals surface area contributed by atoms with Crippen molar-refractivity contribution in [2.24, 2.45) is 0 Å². The molecule has 25 heavy (non-hydrogen) atoms. The van der Waals surface area contributed by atoms with E-state index >= 15 is 0 Å². The number of methoxy groups -OCH3 is 2. The lowest BCUT2D eigenvalue weighted by Crippen LogP contribution is -2.15. The maximum atomic E-state index is 12.8. The third kappa shape index (κ3) is 4.02. The van der Waals surface area contributed by atoms with Crippen LogP contribution >= 0.6 is 23.2 Å². The first-order valence-electron chi connectivity index (χ1n) is 7.99. The standard InChI is InChI=1S/C19H21Cl2NO3/c1-5-11-7-8-14(20)13(6-2)17(11)22-19(23)12-9-15(21)18(25-4)16(10-12)24-3/h7-10H,5-6H2,1-4H3,(H,22,23). The van der Waals surface area contributed by atoms with Crippen molar-refractivity contribution in [3.63, 3.8) is 0 Å². The molecular formula is C19H21Cl2NO3. The number of aryl methyl sites for hydroxylation is 1. The molecule has 4 nitrogen and oxygen atoms in total. The van der Waals surface area contributed by atoms with Crippen LogP contribution in [-0.4, -0.2) is 20.1 Å². The number of rotatable bonds is 6. The summed E-state index contributed by atoms with van der Waals surface area (Å²) in [4.78, 5) is 12.8. The topological polar surface area (TPSA) is 47.6 Å². The number of carbonyl (C=O) groups is 1. The van der Waals surface area contributed by atoms with Gasteiger partial charge in [0.1, 0.15) is 0 Å². The molecule has 0 aliphatic carbocycles. The smallest absolute Gasteiger partial charge is 0.255 e. The van der Waals surface area contributed by atoms with E-state index in [9.17, 15) is 4.79 Å². The lowest BCUT2D eigenvalue weighted by Gasteiger charge is -2.17. The van der Waals surface area contributed by atoms with Gasteiger partial charge in [-0.3, -0.25) is 4.79 Å². The van der Waals surface area contributed by atoms with Gasteiger partial charge in [-0.15, -0.1) is 0 Å². The van der Waals surface area contributed by atoms with Gasteiger partial charge in [-0.05, 0) is 42.2 Å². The van der Waals surface area contributed by atoms with Gasteiger partial charge in [0.2, 0.25) is 0 Å². The number of anilines is 1. The number of halogens is 2. The number of ether oxygens (including phenoxy) is 2. The van der Waals surface area contributed by atoms with Gasteiger partial charge in [0.25, 0.3) is 5.91 Å². The van der Waals surface area contributed by atoms with Crippen LogP contribution in [0.3, 0.4) is 0 Å². The Morgan fingerprint density at radius 3 is 2.32 bits per heavy atom. The molecule has 0 saturated heterocycles. The van der Waals surface area contributed by atoms with E-state index in [4.69, 9.17) is 32.7 Å². The molecule has 2 aromatic rings. The predicted octanol–water partition coefficient (Wildman–Crippen LogP) is 5.39. The molecule has 0 radical (unpaired) electrons. The van der Waals surface area contributed by atoms with Gasteiger partial charge >= 0.3 is 0 Å². The second-order valence-corrected chi connectivity index (χ2v) is 6.23.